The van der Waals surface area contributed by atoms with Gasteiger partial charge in [-0.1, -0.05) is 18.2 Å². The molecule has 0 radical (unpaired) electrons. The predicted molar refractivity (Wildman–Crippen MR) is 72.4 cm³/mol. The van der Waals surface area contributed by atoms with Crippen LogP contribution < -0.4 is 0 Å². The number of hydrogen-bond acceptors (Lipinski definition) is 3. The second-order valence-corrected chi connectivity index (χ2v) is 5.39. The van der Waals surface area contributed by atoms with Crippen molar-refractivity contribution in [2.45, 2.75) is 32.5 Å². The molecule has 3 nitrogen and oxygen atoms in total. The summed E-state index contributed by atoms with van der Waals surface area (Å²) in [4.78, 5) is 4.28. The largest absolute Gasteiger partial charge is 0.386 e. The van der Waals surface area contributed by atoms with Crippen molar-refractivity contribution in [2.75, 3.05) is 6.61 Å². The molecule has 1 heterocycles. The van der Waals surface area contributed by atoms with E-state index in [2.05, 4.69) is 4.98 Å². The van der Waals surface area contributed by atoms with Crippen LogP contribution in [0.2, 0.25) is 0 Å². The lowest BCUT2D eigenvalue weighted by Crippen LogP contribution is -2.22. The fraction of sp³-hybridized carbons (Fsp3) is 0.400. The third-order valence-corrected chi connectivity index (χ3v) is 2.69. The summed E-state index contributed by atoms with van der Waals surface area (Å²) in [6.45, 7) is 6.22. The second kappa shape index (κ2) is 5.04. The third-order valence-electron chi connectivity index (χ3n) is 2.69. The van der Waals surface area contributed by atoms with Gasteiger partial charge < -0.3 is 9.84 Å². The van der Waals surface area contributed by atoms with E-state index in [1.165, 1.54) is 0 Å². The van der Waals surface area contributed by atoms with Crippen LogP contribution in [0.25, 0.3) is 10.9 Å². The number of nitrogens with zero attached hydrogens (tertiary/aromatic N) is 1. The number of fused-ring (bicyclic) bond motifs is 1. The molecule has 0 bridgehead atoms. The number of aromatic nitrogens is 1. The fourth-order valence-corrected chi connectivity index (χ4v) is 1.72. The number of ether oxygens (including phenoxy) is 1. The Kier molecular flexibility index (Phi) is 3.64. The van der Waals surface area contributed by atoms with Gasteiger partial charge in [0.1, 0.15) is 6.10 Å². The summed E-state index contributed by atoms with van der Waals surface area (Å²) < 4.78 is 5.59. The Morgan fingerprint density at radius 2 is 2.06 bits per heavy atom. The standard InChI is InChI=1S/C15H19NO2/c1-15(2,3)18-10-14(17)12-7-6-11-5-4-8-16-13(11)9-12/h4-9,14,17H,10H2,1-3H3. The Labute approximate surface area is 107 Å². The van der Waals surface area contributed by atoms with Crippen LogP contribution in [0.4, 0.5) is 0 Å². The van der Waals surface area contributed by atoms with E-state index in [-0.39, 0.29) is 5.60 Å². The van der Waals surface area contributed by atoms with Crippen LogP contribution in [-0.2, 0) is 4.74 Å². The van der Waals surface area contributed by atoms with Gasteiger partial charge in [0, 0.05) is 11.6 Å². The molecule has 1 unspecified atom stereocenters. The zero-order valence-corrected chi connectivity index (χ0v) is 11.1. The highest BCUT2D eigenvalue weighted by molar-refractivity contribution is 5.78. The number of aliphatic hydroxyl groups is 1. The van der Waals surface area contributed by atoms with E-state index in [9.17, 15) is 5.11 Å². The number of pyridine rings is 1. The van der Waals surface area contributed by atoms with Crippen LogP contribution >= 0.6 is 0 Å². The molecule has 1 N–H and O–H groups in total. The van der Waals surface area contributed by atoms with Gasteiger partial charge in [-0.2, -0.15) is 0 Å². The van der Waals surface area contributed by atoms with E-state index in [0.29, 0.717) is 6.61 Å². The first-order chi connectivity index (χ1) is 8.46. The summed E-state index contributed by atoms with van der Waals surface area (Å²) in [5.74, 6) is 0. The molecule has 0 aliphatic carbocycles. The van der Waals surface area contributed by atoms with Crippen LogP contribution in [0.15, 0.2) is 36.5 Å². The molecule has 0 amide bonds. The first kappa shape index (κ1) is 13.0. The number of rotatable bonds is 3. The summed E-state index contributed by atoms with van der Waals surface area (Å²) >= 11 is 0. The summed E-state index contributed by atoms with van der Waals surface area (Å²) in [5.41, 5.74) is 1.49. The van der Waals surface area contributed by atoms with Crippen molar-refractivity contribution in [2.24, 2.45) is 0 Å². The van der Waals surface area contributed by atoms with Crippen LogP contribution in [0.5, 0.6) is 0 Å². The zero-order chi connectivity index (χ0) is 13.2. The van der Waals surface area contributed by atoms with Gasteiger partial charge in [0.2, 0.25) is 0 Å². The summed E-state index contributed by atoms with van der Waals surface area (Å²) in [5, 5.41) is 11.2. The average Bonchev–Trinajstić information content (AvgIpc) is 2.34. The normalized spacial score (nSPS) is 13.8. The first-order valence-electron chi connectivity index (χ1n) is 6.12. The van der Waals surface area contributed by atoms with E-state index in [0.717, 1.165) is 16.5 Å². The van der Waals surface area contributed by atoms with Gasteiger partial charge in [0.05, 0.1) is 17.7 Å². The van der Waals surface area contributed by atoms with Gasteiger partial charge in [-0.3, -0.25) is 4.98 Å². The summed E-state index contributed by atoms with van der Waals surface area (Å²) in [6, 6.07) is 9.70. The Hall–Kier alpha value is -1.45. The van der Waals surface area contributed by atoms with Crippen molar-refractivity contribution >= 4 is 10.9 Å². The van der Waals surface area contributed by atoms with Crippen molar-refractivity contribution in [3.05, 3.63) is 42.1 Å². The SMILES string of the molecule is CC(C)(C)OCC(O)c1ccc2cccnc2c1. The molecular weight excluding hydrogens is 226 g/mol. The molecule has 2 aromatic rings. The maximum Gasteiger partial charge on any atom is 0.102 e. The lowest BCUT2D eigenvalue weighted by molar-refractivity contribution is -0.0495. The smallest absolute Gasteiger partial charge is 0.102 e. The molecule has 0 aliphatic heterocycles. The Morgan fingerprint density at radius 1 is 1.28 bits per heavy atom. The first-order valence-corrected chi connectivity index (χ1v) is 6.12. The molecule has 3 heteroatoms. The second-order valence-electron chi connectivity index (χ2n) is 5.39. The molecule has 0 fully saturated rings. The van der Waals surface area contributed by atoms with Gasteiger partial charge in [0.15, 0.2) is 0 Å². The van der Waals surface area contributed by atoms with Gasteiger partial charge in [-0.05, 0) is 38.5 Å². The van der Waals surface area contributed by atoms with Crippen molar-refractivity contribution in [3.63, 3.8) is 0 Å². The van der Waals surface area contributed by atoms with E-state index in [4.69, 9.17) is 4.74 Å². The lowest BCUT2D eigenvalue weighted by atomic mass is 10.1. The minimum atomic E-state index is -0.615. The maximum atomic E-state index is 10.1. The highest BCUT2D eigenvalue weighted by Crippen LogP contribution is 2.20. The fourth-order valence-electron chi connectivity index (χ4n) is 1.72. The van der Waals surface area contributed by atoms with Gasteiger partial charge in [-0.15, -0.1) is 0 Å². The maximum absolute atomic E-state index is 10.1. The Morgan fingerprint density at radius 3 is 2.78 bits per heavy atom. The van der Waals surface area contributed by atoms with Crippen molar-refractivity contribution in [3.8, 4) is 0 Å². The minimum absolute atomic E-state index is 0.240. The molecule has 1 aromatic carbocycles. The molecule has 18 heavy (non-hydrogen) atoms. The van der Waals surface area contributed by atoms with Gasteiger partial charge in [0.25, 0.3) is 0 Å². The highest BCUT2D eigenvalue weighted by Gasteiger charge is 2.15. The van der Waals surface area contributed by atoms with Gasteiger partial charge >= 0.3 is 0 Å². The van der Waals surface area contributed by atoms with Crippen molar-refractivity contribution < 1.29 is 9.84 Å². The molecule has 1 aromatic heterocycles. The van der Waals surface area contributed by atoms with Crippen LogP contribution in [0, 0.1) is 0 Å². The van der Waals surface area contributed by atoms with Crippen LogP contribution in [0.3, 0.4) is 0 Å². The molecule has 2 rings (SSSR count). The monoisotopic (exact) mass is 245 g/mol. The van der Waals surface area contributed by atoms with Crippen molar-refractivity contribution in [1.29, 1.82) is 0 Å². The van der Waals surface area contributed by atoms with Crippen molar-refractivity contribution in [1.82, 2.24) is 4.98 Å². The molecule has 0 saturated carbocycles. The van der Waals surface area contributed by atoms with E-state index < -0.39 is 6.10 Å². The Bertz CT molecular complexity index is 531. The Balaban J connectivity index is 2.15. The zero-order valence-electron chi connectivity index (χ0n) is 11.1. The van der Waals surface area contributed by atoms with Crippen LogP contribution in [-0.4, -0.2) is 22.3 Å². The van der Waals surface area contributed by atoms with E-state index in [1.54, 1.807) is 6.20 Å². The number of aliphatic hydroxyl groups excluding tert-OH is 1. The van der Waals surface area contributed by atoms with E-state index >= 15 is 0 Å². The van der Waals surface area contributed by atoms with E-state index in [1.807, 2.05) is 51.1 Å². The average molecular weight is 245 g/mol. The number of hydrogen-bond donors (Lipinski definition) is 1. The molecule has 0 aliphatic rings. The topological polar surface area (TPSA) is 42.4 Å². The summed E-state index contributed by atoms with van der Waals surface area (Å²) in [7, 11) is 0. The lowest BCUT2D eigenvalue weighted by Gasteiger charge is -2.22. The molecule has 0 saturated heterocycles. The predicted octanol–water partition coefficient (Wildman–Crippen LogP) is 3.08. The molecular formula is C15H19NO2. The van der Waals surface area contributed by atoms with Gasteiger partial charge in [-0.25, -0.2) is 0 Å². The molecule has 1 atom stereocenters. The van der Waals surface area contributed by atoms with Crippen LogP contribution in [0.1, 0.15) is 32.4 Å². The third kappa shape index (κ3) is 3.28. The quantitative estimate of drug-likeness (QED) is 0.903. The minimum Gasteiger partial charge on any atom is -0.386 e. The highest BCUT2D eigenvalue weighted by atomic mass is 16.5. The molecule has 0 spiro atoms. The number of benzene rings is 1. The summed E-state index contributed by atoms with van der Waals surface area (Å²) in [6.07, 6.45) is 1.14. The molecule has 96 valence electrons.